The van der Waals surface area contributed by atoms with Crippen molar-refractivity contribution in [2.75, 3.05) is 0 Å². The second kappa shape index (κ2) is 15.3. The van der Waals surface area contributed by atoms with Crippen LogP contribution in [0.15, 0.2) is 249 Å². The highest BCUT2D eigenvalue weighted by molar-refractivity contribution is 6.21. The Balaban J connectivity index is 0.860. The van der Waals surface area contributed by atoms with Crippen molar-refractivity contribution in [2.24, 2.45) is 0 Å². The number of hydrogen-bond acceptors (Lipinski definition) is 0. The highest BCUT2D eigenvalue weighted by Crippen LogP contribution is 2.44. The van der Waals surface area contributed by atoms with Crippen LogP contribution in [0.2, 0.25) is 0 Å². The van der Waals surface area contributed by atoms with Crippen LogP contribution >= 0.6 is 0 Å². The van der Waals surface area contributed by atoms with E-state index in [4.69, 9.17) is 0 Å². The third-order valence-corrected chi connectivity index (χ3v) is 12.8. The summed E-state index contributed by atoms with van der Waals surface area (Å²) >= 11 is 0. The Kier molecular flexibility index (Phi) is 8.90. The molecule has 0 amide bonds. The van der Waals surface area contributed by atoms with Gasteiger partial charge in [0.15, 0.2) is 0 Å². The molecule has 0 bridgehead atoms. The van der Waals surface area contributed by atoms with Crippen molar-refractivity contribution in [2.45, 2.75) is 0 Å². The second-order valence-electron chi connectivity index (χ2n) is 16.4. The summed E-state index contributed by atoms with van der Waals surface area (Å²) in [6.07, 6.45) is 0. The lowest BCUT2D eigenvalue weighted by atomic mass is 9.85. The summed E-state index contributed by atoms with van der Waals surface area (Å²) in [7, 11) is 0. The van der Waals surface area contributed by atoms with E-state index in [1.165, 1.54) is 116 Å². The summed E-state index contributed by atoms with van der Waals surface area (Å²) < 4.78 is 2.37. The molecule has 1 heteroatoms. The summed E-state index contributed by atoms with van der Waals surface area (Å²) in [5, 5.41) is 7.56. The maximum atomic E-state index is 2.37. The molecule has 0 N–H and O–H groups in total. The van der Waals surface area contributed by atoms with Crippen molar-refractivity contribution in [1.29, 1.82) is 0 Å². The lowest BCUT2D eigenvalue weighted by Gasteiger charge is -2.18. The van der Waals surface area contributed by atoms with Gasteiger partial charge in [-0.15, -0.1) is 0 Å². The monoisotopic (exact) mass is 799 g/mol. The van der Waals surface area contributed by atoms with Crippen molar-refractivity contribution < 1.29 is 0 Å². The van der Waals surface area contributed by atoms with E-state index >= 15 is 0 Å². The van der Waals surface area contributed by atoms with E-state index in [0.717, 1.165) is 0 Å². The molecule has 1 nitrogen and oxygen atoms in total. The molecule has 294 valence electrons. The van der Waals surface area contributed by atoms with Gasteiger partial charge in [0.25, 0.3) is 0 Å². The Morgan fingerprint density at radius 2 is 0.492 bits per heavy atom. The smallest absolute Gasteiger partial charge is 0.0541 e. The van der Waals surface area contributed by atoms with Crippen LogP contribution < -0.4 is 0 Å². The van der Waals surface area contributed by atoms with Gasteiger partial charge in [-0.1, -0.05) is 218 Å². The highest BCUT2D eigenvalue weighted by Gasteiger charge is 2.17. The van der Waals surface area contributed by atoms with Gasteiger partial charge in [0.05, 0.1) is 11.0 Å². The predicted molar refractivity (Wildman–Crippen MR) is 268 cm³/mol. The van der Waals surface area contributed by atoms with Crippen LogP contribution in [0.4, 0.5) is 0 Å². The van der Waals surface area contributed by atoms with Gasteiger partial charge in [0.1, 0.15) is 0 Å². The topological polar surface area (TPSA) is 4.93 Å². The normalized spacial score (nSPS) is 11.5. The molecule has 0 fully saturated rings. The minimum Gasteiger partial charge on any atom is -0.309 e. The zero-order valence-electron chi connectivity index (χ0n) is 34.6. The minimum atomic E-state index is 1.17. The molecule has 0 spiro atoms. The third kappa shape index (κ3) is 6.42. The van der Waals surface area contributed by atoms with Gasteiger partial charge in [0.2, 0.25) is 0 Å². The lowest BCUT2D eigenvalue weighted by molar-refractivity contribution is 1.18. The van der Waals surface area contributed by atoms with Gasteiger partial charge in [-0.25, -0.2) is 0 Å². The lowest BCUT2D eigenvalue weighted by Crippen LogP contribution is -1.92. The van der Waals surface area contributed by atoms with E-state index in [1.54, 1.807) is 0 Å². The number of benzene rings is 11. The first-order valence-corrected chi connectivity index (χ1v) is 21.7. The minimum absolute atomic E-state index is 1.17. The van der Waals surface area contributed by atoms with Gasteiger partial charge in [-0.2, -0.15) is 0 Å². The van der Waals surface area contributed by atoms with Gasteiger partial charge in [-0.3, -0.25) is 0 Å². The Labute approximate surface area is 367 Å². The first-order valence-electron chi connectivity index (χ1n) is 21.7. The number of para-hydroxylation sites is 2. The molecule has 0 saturated heterocycles. The van der Waals surface area contributed by atoms with Gasteiger partial charge in [-0.05, 0) is 119 Å². The van der Waals surface area contributed by atoms with E-state index < -0.39 is 0 Å². The molecule has 0 atom stereocenters. The van der Waals surface area contributed by atoms with E-state index in [0.29, 0.717) is 0 Å². The molecule has 0 saturated carbocycles. The Morgan fingerprint density at radius 3 is 0.937 bits per heavy atom. The Morgan fingerprint density at radius 1 is 0.190 bits per heavy atom. The van der Waals surface area contributed by atoms with Crippen LogP contribution in [0.1, 0.15) is 0 Å². The van der Waals surface area contributed by atoms with E-state index in [9.17, 15) is 0 Å². The molecule has 63 heavy (non-hydrogen) atoms. The number of fused-ring (bicyclic) bond motifs is 5. The Hall–Kier alpha value is -8.26. The molecular weight excluding hydrogens is 759 g/mol. The third-order valence-electron chi connectivity index (χ3n) is 12.8. The SMILES string of the molecule is c1ccc(-c2ccc(-c3ccc(-c4c5ccccc5c(-c5ccc(-c6ccc(-c7ccc8c(c7)c7ccccc7n8-c7ccccc7)cc6)cc5)c5ccccc45)cc3)cc2)cc1. The van der Waals surface area contributed by atoms with Gasteiger partial charge >= 0.3 is 0 Å². The summed E-state index contributed by atoms with van der Waals surface area (Å²) in [5.41, 5.74) is 18.3. The largest absolute Gasteiger partial charge is 0.309 e. The van der Waals surface area contributed by atoms with Crippen LogP contribution in [-0.4, -0.2) is 4.57 Å². The molecule has 11 aromatic carbocycles. The predicted octanol–water partition coefficient (Wildman–Crippen LogP) is 17.1. The van der Waals surface area contributed by atoms with E-state index in [-0.39, 0.29) is 0 Å². The molecule has 0 aliphatic heterocycles. The molecule has 1 aromatic heterocycles. The standard InChI is InChI=1S/C62H41N/c1-3-13-42(14-4-1)43-23-25-44(26-24-43)46-31-35-49(36-32-46)61-54-18-7-9-20-56(54)62(57-21-10-8-19-55(57)61)50-37-33-47(34-38-50)45-27-29-48(30-28-45)51-39-40-60-58(41-51)53-17-11-12-22-59(53)63(60)52-15-5-2-6-16-52/h1-41H. The van der Waals surface area contributed by atoms with Crippen LogP contribution in [-0.2, 0) is 0 Å². The average molecular weight is 800 g/mol. The van der Waals surface area contributed by atoms with Gasteiger partial charge in [0, 0.05) is 16.5 Å². The van der Waals surface area contributed by atoms with Crippen molar-refractivity contribution in [1.82, 2.24) is 4.57 Å². The summed E-state index contributed by atoms with van der Waals surface area (Å²) in [6, 6.07) is 90.8. The number of rotatable bonds is 7. The van der Waals surface area contributed by atoms with Gasteiger partial charge < -0.3 is 4.57 Å². The zero-order chi connectivity index (χ0) is 41.7. The van der Waals surface area contributed by atoms with Crippen LogP contribution in [0, 0.1) is 0 Å². The molecule has 0 radical (unpaired) electrons. The van der Waals surface area contributed by atoms with Crippen LogP contribution in [0.3, 0.4) is 0 Å². The highest BCUT2D eigenvalue weighted by atomic mass is 15.0. The summed E-state index contributed by atoms with van der Waals surface area (Å²) in [4.78, 5) is 0. The number of aromatic nitrogens is 1. The van der Waals surface area contributed by atoms with Crippen LogP contribution in [0.25, 0.3) is 116 Å². The molecular formula is C62H41N. The van der Waals surface area contributed by atoms with Crippen molar-refractivity contribution in [3.8, 4) is 72.4 Å². The summed E-state index contributed by atoms with van der Waals surface area (Å²) in [6.45, 7) is 0. The van der Waals surface area contributed by atoms with Crippen molar-refractivity contribution in [3.05, 3.63) is 249 Å². The average Bonchev–Trinajstić information content (AvgIpc) is 3.70. The Bertz CT molecular complexity index is 3540. The van der Waals surface area contributed by atoms with Crippen molar-refractivity contribution in [3.63, 3.8) is 0 Å². The molecule has 0 aliphatic carbocycles. The fourth-order valence-corrected chi connectivity index (χ4v) is 9.76. The number of nitrogens with zero attached hydrogens (tertiary/aromatic N) is 1. The van der Waals surface area contributed by atoms with E-state index in [1.807, 2.05) is 0 Å². The zero-order valence-corrected chi connectivity index (χ0v) is 34.6. The first kappa shape index (κ1) is 36.6. The quantitative estimate of drug-likeness (QED) is 0.142. The maximum Gasteiger partial charge on any atom is 0.0541 e. The fourth-order valence-electron chi connectivity index (χ4n) is 9.76. The molecule has 0 aliphatic rings. The molecule has 12 aromatic rings. The molecule has 12 rings (SSSR count). The fraction of sp³-hybridized carbons (Fsp3) is 0. The van der Waals surface area contributed by atoms with Crippen LogP contribution in [0.5, 0.6) is 0 Å². The molecule has 1 heterocycles. The number of hydrogen-bond donors (Lipinski definition) is 0. The first-order chi connectivity index (χ1) is 31.2. The maximum absolute atomic E-state index is 2.37. The molecule has 0 unspecified atom stereocenters. The summed E-state index contributed by atoms with van der Waals surface area (Å²) in [5.74, 6) is 0. The van der Waals surface area contributed by atoms with Crippen molar-refractivity contribution >= 4 is 43.4 Å². The second-order valence-corrected chi connectivity index (χ2v) is 16.4. The van der Waals surface area contributed by atoms with E-state index in [2.05, 4.69) is 253 Å².